The van der Waals surface area contributed by atoms with Crippen LogP contribution in [0.2, 0.25) is 0 Å². The Morgan fingerprint density at radius 3 is 2.50 bits per heavy atom. The first-order valence-electron chi connectivity index (χ1n) is 5.51. The highest BCUT2D eigenvalue weighted by Crippen LogP contribution is 2.25. The summed E-state index contributed by atoms with van der Waals surface area (Å²) in [4.78, 5) is 1.23. The molecule has 0 aliphatic rings. The molecule has 0 fully saturated rings. The second-order valence-electron chi connectivity index (χ2n) is 3.80. The highest BCUT2D eigenvalue weighted by Gasteiger charge is 2.05. The Hall–Kier alpha value is -1.000. The third-order valence-electron chi connectivity index (χ3n) is 2.59. The molecule has 0 aromatic heterocycles. The fraction of sp³-hybridized carbons (Fsp3) is 0.143. The van der Waals surface area contributed by atoms with Gasteiger partial charge in [0.1, 0.15) is 5.82 Å². The van der Waals surface area contributed by atoms with Crippen molar-refractivity contribution < 1.29 is 4.39 Å². The predicted molar refractivity (Wildman–Crippen MR) is 79.6 cm³/mol. The van der Waals surface area contributed by atoms with Gasteiger partial charge in [-0.15, -0.1) is 11.8 Å². The SMILES string of the molecule is CSc1ccc(CNc2c(F)cccc2Br)cc1. The van der Waals surface area contributed by atoms with E-state index in [0.717, 1.165) is 10.0 Å². The van der Waals surface area contributed by atoms with Gasteiger partial charge in [-0.3, -0.25) is 0 Å². The average molecular weight is 326 g/mol. The van der Waals surface area contributed by atoms with Crippen molar-refractivity contribution in [2.24, 2.45) is 0 Å². The maximum Gasteiger partial charge on any atom is 0.147 e. The quantitative estimate of drug-likeness (QED) is 0.800. The van der Waals surface area contributed by atoms with Gasteiger partial charge >= 0.3 is 0 Å². The summed E-state index contributed by atoms with van der Waals surface area (Å²) in [5, 5.41) is 3.11. The van der Waals surface area contributed by atoms with Crippen LogP contribution < -0.4 is 5.32 Å². The molecule has 0 bridgehead atoms. The summed E-state index contributed by atoms with van der Waals surface area (Å²) in [5.74, 6) is -0.245. The number of anilines is 1. The molecule has 0 unspecified atom stereocenters. The van der Waals surface area contributed by atoms with Crippen molar-refractivity contribution in [2.75, 3.05) is 11.6 Å². The van der Waals surface area contributed by atoms with Crippen LogP contribution in [0.15, 0.2) is 51.8 Å². The summed E-state index contributed by atoms with van der Waals surface area (Å²) in [6.45, 7) is 0.605. The molecule has 1 N–H and O–H groups in total. The molecule has 1 nitrogen and oxygen atoms in total. The fourth-order valence-corrected chi connectivity index (χ4v) is 2.49. The van der Waals surface area contributed by atoms with Crippen LogP contribution in [-0.2, 0) is 6.54 Å². The molecule has 18 heavy (non-hydrogen) atoms. The molecular weight excluding hydrogens is 313 g/mol. The number of nitrogens with one attached hydrogen (secondary N) is 1. The van der Waals surface area contributed by atoms with E-state index < -0.39 is 0 Å². The molecular formula is C14H13BrFNS. The largest absolute Gasteiger partial charge is 0.378 e. The third-order valence-corrected chi connectivity index (χ3v) is 4.00. The van der Waals surface area contributed by atoms with Gasteiger partial charge < -0.3 is 5.32 Å². The zero-order chi connectivity index (χ0) is 13.0. The van der Waals surface area contributed by atoms with E-state index in [1.807, 2.05) is 24.5 Å². The van der Waals surface area contributed by atoms with E-state index in [-0.39, 0.29) is 5.82 Å². The van der Waals surface area contributed by atoms with Gasteiger partial charge in [-0.05, 0) is 52.0 Å². The number of hydrogen-bond acceptors (Lipinski definition) is 2. The van der Waals surface area contributed by atoms with E-state index >= 15 is 0 Å². The van der Waals surface area contributed by atoms with Crippen LogP contribution in [0.5, 0.6) is 0 Å². The number of halogens is 2. The normalized spacial score (nSPS) is 10.4. The van der Waals surface area contributed by atoms with Crippen LogP contribution in [0.3, 0.4) is 0 Å². The van der Waals surface area contributed by atoms with Gasteiger partial charge in [0.05, 0.1) is 5.69 Å². The molecule has 0 aliphatic heterocycles. The van der Waals surface area contributed by atoms with Gasteiger partial charge in [0, 0.05) is 15.9 Å². The van der Waals surface area contributed by atoms with E-state index in [2.05, 4.69) is 33.4 Å². The molecule has 2 aromatic rings. The van der Waals surface area contributed by atoms with E-state index in [4.69, 9.17) is 0 Å². The van der Waals surface area contributed by atoms with Gasteiger partial charge in [-0.25, -0.2) is 4.39 Å². The maximum atomic E-state index is 13.6. The fourth-order valence-electron chi connectivity index (χ4n) is 1.60. The molecule has 0 saturated heterocycles. The van der Waals surface area contributed by atoms with E-state index in [1.54, 1.807) is 17.8 Å². The zero-order valence-corrected chi connectivity index (χ0v) is 12.3. The average Bonchev–Trinajstić information content (AvgIpc) is 2.39. The molecule has 4 heteroatoms. The van der Waals surface area contributed by atoms with Gasteiger partial charge in [0.2, 0.25) is 0 Å². The molecule has 0 aliphatic carbocycles. The lowest BCUT2D eigenvalue weighted by molar-refractivity contribution is 0.629. The summed E-state index contributed by atoms with van der Waals surface area (Å²) < 4.78 is 14.3. The van der Waals surface area contributed by atoms with Crippen LogP contribution in [0.4, 0.5) is 10.1 Å². The van der Waals surface area contributed by atoms with Crippen molar-refractivity contribution in [3.05, 3.63) is 58.3 Å². The zero-order valence-electron chi connectivity index (χ0n) is 9.91. The monoisotopic (exact) mass is 325 g/mol. The minimum atomic E-state index is -0.245. The van der Waals surface area contributed by atoms with E-state index in [9.17, 15) is 4.39 Å². The second kappa shape index (κ2) is 6.25. The molecule has 0 heterocycles. The first kappa shape index (κ1) is 13.4. The first-order valence-corrected chi connectivity index (χ1v) is 7.53. The Kier molecular flexibility index (Phi) is 4.66. The summed E-state index contributed by atoms with van der Waals surface area (Å²) in [7, 11) is 0. The number of thioether (sulfide) groups is 1. The Bertz CT molecular complexity index is 508. The number of para-hydroxylation sites is 1. The number of benzene rings is 2. The first-order chi connectivity index (χ1) is 8.70. The van der Waals surface area contributed by atoms with Crippen molar-refractivity contribution in [3.8, 4) is 0 Å². The number of hydrogen-bond donors (Lipinski definition) is 1. The van der Waals surface area contributed by atoms with E-state index in [1.165, 1.54) is 11.0 Å². The van der Waals surface area contributed by atoms with Crippen LogP contribution in [0, 0.1) is 5.82 Å². The van der Waals surface area contributed by atoms with Gasteiger partial charge in [0.25, 0.3) is 0 Å². The topological polar surface area (TPSA) is 12.0 Å². The molecule has 2 aromatic carbocycles. The summed E-state index contributed by atoms with van der Waals surface area (Å²) in [5.41, 5.74) is 1.63. The molecule has 0 spiro atoms. The van der Waals surface area contributed by atoms with Gasteiger partial charge in [-0.2, -0.15) is 0 Å². The highest BCUT2D eigenvalue weighted by atomic mass is 79.9. The lowest BCUT2D eigenvalue weighted by Gasteiger charge is -2.10. The minimum Gasteiger partial charge on any atom is -0.378 e. The maximum absolute atomic E-state index is 13.6. The Labute approximate surface area is 119 Å². The molecule has 0 amide bonds. The number of rotatable bonds is 4. The van der Waals surface area contributed by atoms with Gasteiger partial charge in [0.15, 0.2) is 0 Å². The van der Waals surface area contributed by atoms with Crippen LogP contribution >= 0.6 is 27.7 Å². The summed E-state index contributed by atoms with van der Waals surface area (Å²) in [6, 6.07) is 13.2. The van der Waals surface area contributed by atoms with E-state index in [0.29, 0.717) is 12.2 Å². The van der Waals surface area contributed by atoms with Crippen molar-refractivity contribution in [2.45, 2.75) is 11.4 Å². The van der Waals surface area contributed by atoms with Gasteiger partial charge in [-0.1, -0.05) is 18.2 Å². The molecule has 0 radical (unpaired) electrons. The molecule has 0 saturated carbocycles. The molecule has 0 atom stereocenters. The third kappa shape index (κ3) is 3.27. The van der Waals surface area contributed by atoms with Crippen molar-refractivity contribution in [3.63, 3.8) is 0 Å². The summed E-state index contributed by atoms with van der Waals surface area (Å²) in [6.07, 6.45) is 2.05. The standard InChI is InChI=1S/C14H13BrFNS/c1-18-11-7-5-10(6-8-11)9-17-14-12(15)3-2-4-13(14)16/h2-8,17H,9H2,1H3. The predicted octanol–water partition coefficient (Wildman–Crippen LogP) is 4.92. The Balaban J connectivity index is 2.06. The Morgan fingerprint density at radius 1 is 1.17 bits per heavy atom. The summed E-state index contributed by atoms with van der Waals surface area (Å²) >= 11 is 5.05. The smallest absolute Gasteiger partial charge is 0.147 e. The van der Waals surface area contributed by atoms with Crippen LogP contribution in [-0.4, -0.2) is 6.26 Å². The van der Waals surface area contributed by atoms with Crippen LogP contribution in [0.25, 0.3) is 0 Å². The molecule has 94 valence electrons. The van der Waals surface area contributed by atoms with Crippen LogP contribution in [0.1, 0.15) is 5.56 Å². The Morgan fingerprint density at radius 2 is 1.89 bits per heavy atom. The van der Waals surface area contributed by atoms with Crippen molar-refractivity contribution >= 4 is 33.4 Å². The highest BCUT2D eigenvalue weighted by molar-refractivity contribution is 9.10. The lowest BCUT2D eigenvalue weighted by atomic mass is 10.2. The van der Waals surface area contributed by atoms with Crippen molar-refractivity contribution in [1.82, 2.24) is 0 Å². The second-order valence-corrected chi connectivity index (χ2v) is 5.53. The minimum absolute atomic E-state index is 0.245. The van der Waals surface area contributed by atoms with Crippen molar-refractivity contribution in [1.29, 1.82) is 0 Å². The lowest BCUT2D eigenvalue weighted by Crippen LogP contribution is -2.02. The molecule has 2 rings (SSSR count).